The van der Waals surface area contributed by atoms with Crippen molar-refractivity contribution >= 4 is 46.4 Å². The van der Waals surface area contributed by atoms with Crippen LogP contribution in [0.5, 0.6) is 0 Å². The standard InChI is InChI=1S/C23H25Cl2N7O2/c1-14-10-26-7-6-19(14)32-22(25)17(11-28-32)21-18(24)12-27-23(30-21)29-15-2-4-16(5-3-15)31-8-9-34-13-20(31)33/h2-5,11-12,14,19,26H,6-10,13H2,1H3,(H,27,29,30)/t14-,19-/m1/s1. The average molecular weight is 502 g/mol. The van der Waals surface area contributed by atoms with Gasteiger partial charge in [-0.1, -0.05) is 30.1 Å². The summed E-state index contributed by atoms with van der Waals surface area (Å²) in [6, 6.07) is 7.73. The van der Waals surface area contributed by atoms with Crippen LogP contribution < -0.4 is 15.5 Å². The maximum absolute atomic E-state index is 12.1. The van der Waals surface area contributed by atoms with Crippen LogP contribution in [-0.4, -0.2) is 58.5 Å². The molecule has 0 saturated carbocycles. The summed E-state index contributed by atoms with van der Waals surface area (Å²) in [5, 5.41) is 12.1. The van der Waals surface area contributed by atoms with Gasteiger partial charge in [0.2, 0.25) is 5.95 Å². The third-order valence-electron chi connectivity index (χ3n) is 6.21. The number of nitrogens with zero attached hydrogens (tertiary/aromatic N) is 5. The lowest BCUT2D eigenvalue weighted by molar-refractivity contribution is -0.125. The van der Waals surface area contributed by atoms with Gasteiger partial charge in [-0.3, -0.25) is 4.79 Å². The Balaban J connectivity index is 1.36. The lowest BCUT2D eigenvalue weighted by Crippen LogP contribution is -2.41. The number of rotatable bonds is 5. The molecule has 2 aliphatic heterocycles. The zero-order valence-electron chi connectivity index (χ0n) is 18.7. The van der Waals surface area contributed by atoms with Crippen molar-refractivity contribution < 1.29 is 9.53 Å². The summed E-state index contributed by atoms with van der Waals surface area (Å²) in [7, 11) is 0. The third-order valence-corrected chi connectivity index (χ3v) is 6.86. The van der Waals surface area contributed by atoms with E-state index in [0.29, 0.717) is 46.5 Å². The Hall–Kier alpha value is -2.72. The molecule has 0 unspecified atom stereocenters. The first-order valence-corrected chi connectivity index (χ1v) is 12.0. The smallest absolute Gasteiger partial charge is 0.253 e. The molecule has 9 nitrogen and oxygen atoms in total. The number of anilines is 3. The van der Waals surface area contributed by atoms with Crippen LogP contribution in [-0.2, 0) is 9.53 Å². The summed E-state index contributed by atoms with van der Waals surface area (Å²) >= 11 is 13.2. The lowest BCUT2D eigenvalue weighted by Gasteiger charge is -2.30. The second-order valence-electron chi connectivity index (χ2n) is 8.49. The van der Waals surface area contributed by atoms with Gasteiger partial charge in [-0.2, -0.15) is 5.10 Å². The second-order valence-corrected chi connectivity index (χ2v) is 9.26. The maximum Gasteiger partial charge on any atom is 0.253 e. The highest BCUT2D eigenvalue weighted by Crippen LogP contribution is 2.36. The number of morpholine rings is 1. The van der Waals surface area contributed by atoms with Gasteiger partial charge in [0.1, 0.15) is 11.8 Å². The molecule has 2 saturated heterocycles. The number of benzene rings is 1. The molecule has 4 heterocycles. The first kappa shape index (κ1) is 23.0. The summed E-state index contributed by atoms with van der Waals surface area (Å²) in [6.07, 6.45) is 4.22. The minimum Gasteiger partial charge on any atom is -0.370 e. The van der Waals surface area contributed by atoms with E-state index in [1.165, 1.54) is 0 Å². The fraction of sp³-hybridized carbons (Fsp3) is 0.391. The molecule has 2 aliphatic rings. The van der Waals surface area contributed by atoms with Crippen molar-refractivity contribution in [1.29, 1.82) is 0 Å². The lowest BCUT2D eigenvalue weighted by atomic mass is 9.95. The molecule has 2 atom stereocenters. The molecule has 11 heteroatoms. The summed E-state index contributed by atoms with van der Waals surface area (Å²) in [4.78, 5) is 22.7. The van der Waals surface area contributed by atoms with Crippen molar-refractivity contribution in [3.63, 3.8) is 0 Å². The van der Waals surface area contributed by atoms with E-state index in [-0.39, 0.29) is 18.6 Å². The van der Waals surface area contributed by atoms with Gasteiger partial charge in [0.25, 0.3) is 5.91 Å². The fourth-order valence-corrected chi connectivity index (χ4v) is 4.86. The molecule has 0 bridgehead atoms. The predicted molar refractivity (Wildman–Crippen MR) is 132 cm³/mol. The molecule has 1 aromatic carbocycles. The molecule has 0 spiro atoms. The van der Waals surface area contributed by atoms with Gasteiger partial charge < -0.3 is 20.3 Å². The fourth-order valence-electron chi connectivity index (χ4n) is 4.36. The molecule has 0 aliphatic carbocycles. The van der Waals surface area contributed by atoms with Crippen molar-refractivity contribution in [1.82, 2.24) is 25.1 Å². The molecule has 3 aromatic rings. The molecule has 2 aromatic heterocycles. The molecular weight excluding hydrogens is 477 g/mol. The number of hydrogen-bond donors (Lipinski definition) is 2. The Morgan fingerprint density at radius 3 is 2.79 bits per heavy atom. The molecule has 0 radical (unpaired) electrons. The first-order valence-electron chi connectivity index (χ1n) is 11.2. The quantitative estimate of drug-likeness (QED) is 0.546. The van der Waals surface area contributed by atoms with Crippen LogP contribution in [0.15, 0.2) is 36.7 Å². The normalized spacial score (nSPS) is 21.0. The highest BCUT2D eigenvalue weighted by atomic mass is 35.5. The van der Waals surface area contributed by atoms with Crippen LogP contribution in [0, 0.1) is 5.92 Å². The number of aromatic nitrogens is 4. The van der Waals surface area contributed by atoms with Crippen LogP contribution in [0.2, 0.25) is 10.2 Å². The molecule has 2 fully saturated rings. The van der Waals surface area contributed by atoms with Crippen molar-refractivity contribution in [2.24, 2.45) is 5.92 Å². The number of hydrogen-bond acceptors (Lipinski definition) is 7. The minimum absolute atomic E-state index is 0.0473. The highest BCUT2D eigenvalue weighted by molar-refractivity contribution is 6.35. The number of halogens is 2. The molecule has 34 heavy (non-hydrogen) atoms. The zero-order valence-corrected chi connectivity index (χ0v) is 20.2. The van der Waals surface area contributed by atoms with Crippen LogP contribution in [0.25, 0.3) is 11.3 Å². The van der Waals surface area contributed by atoms with Crippen LogP contribution in [0.1, 0.15) is 19.4 Å². The van der Waals surface area contributed by atoms with E-state index in [1.54, 1.807) is 17.3 Å². The number of ether oxygens (including phenoxy) is 1. The number of carbonyl (C=O) groups excluding carboxylic acids is 1. The van der Waals surface area contributed by atoms with Crippen LogP contribution in [0.3, 0.4) is 0 Å². The molecule has 1 amide bonds. The highest BCUT2D eigenvalue weighted by Gasteiger charge is 2.27. The number of nitrogens with one attached hydrogen (secondary N) is 2. The summed E-state index contributed by atoms with van der Waals surface area (Å²) in [5.41, 5.74) is 2.79. The summed E-state index contributed by atoms with van der Waals surface area (Å²) in [5.74, 6) is 0.746. The Labute approximate surface area is 207 Å². The maximum atomic E-state index is 12.1. The SMILES string of the molecule is C[C@@H]1CNCC[C@H]1n1ncc(-c2nc(Nc3ccc(N4CCOCC4=O)cc3)ncc2Cl)c1Cl. The number of amides is 1. The van der Waals surface area contributed by atoms with Gasteiger partial charge in [0.15, 0.2) is 0 Å². The largest absolute Gasteiger partial charge is 0.370 e. The Morgan fingerprint density at radius 2 is 2.03 bits per heavy atom. The van der Waals surface area contributed by atoms with Crippen LogP contribution >= 0.6 is 23.2 Å². The third kappa shape index (κ3) is 4.61. The first-order chi connectivity index (χ1) is 16.5. The summed E-state index contributed by atoms with van der Waals surface area (Å²) < 4.78 is 7.07. The Morgan fingerprint density at radius 1 is 1.21 bits per heavy atom. The van der Waals surface area contributed by atoms with Gasteiger partial charge in [-0.05, 0) is 49.7 Å². The van der Waals surface area contributed by atoms with Gasteiger partial charge in [-0.25, -0.2) is 14.6 Å². The topological polar surface area (TPSA) is 97.2 Å². The van der Waals surface area contributed by atoms with Crippen LogP contribution in [0.4, 0.5) is 17.3 Å². The average Bonchev–Trinajstić information content (AvgIpc) is 3.22. The predicted octanol–water partition coefficient (Wildman–Crippen LogP) is 3.92. The monoisotopic (exact) mass is 501 g/mol. The van der Waals surface area contributed by atoms with Gasteiger partial charge in [0, 0.05) is 17.9 Å². The van der Waals surface area contributed by atoms with Gasteiger partial charge in [-0.15, -0.1) is 0 Å². The Kier molecular flexibility index (Phi) is 6.69. The van der Waals surface area contributed by atoms with Gasteiger partial charge in [0.05, 0.1) is 41.3 Å². The number of carbonyl (C=O) groups is 1. The van der Waals surface area contributed by atoms with E-state index < -0.39 is 0 Å². The molecule has 5 rings (SSSR count). The molecule has 2 N–H and O–H groups in total. The van der Waals surface area contributed by atoms with E-state index >= 15 is 0 Å². The van der Waals surface area contributed by atoms with Crippen molar-refractivity contribution in [2.75, 3.05) is 43.1 Å². The van der Waals surface area contributed by atoms with Crippen molar-refractivity contribution in [3.8, 4) is 11.3 Å². The van der Waals surface area contributed by atoms with Crippen molar-refractivity contribution in [3.05, 3.63) is 46.8 Å². The van der Waals surface area contributed by atoms with Gasteiger partial charge >= 0.3 is 0 Å². The molecular formula is C23H25Cl2N7O2. The Bertz CT molecular complexity index is 1180. The molecule has 178 valence electrons. The zero-order chi connectivity index (χ0) is 23.7. The van der Waals surface area contributed by atoms with E-state index in [9.17, 15) is 4.79 Å². The van der Waals surface area contributed by atoms with E-state index in [4.69, 9.17) is 27.9 Å². The minimum atomic E-state index is -0.0473. The van der Waals surface area contributed by atoms with E-state index in [2.05, 4.69) is 32.6 Å². The van der Waals surface area contributed by atoms with E-state index in [1.807, 2.05) is 28.9 Å². The number of piperidine rings is 1. The second kappa shape index (κ2) is 9.87. The van der Waals surface area contributed by atoms with Crippen molar-refractivity contribution in [2.45, 2.75) is 19.4 Å². The summed E-state index contributed by atoms with van der Waals surface area (Å²) in [6.45, 7) is 5.23. The van der Waals surface area contributed by atoms with E-state index in [0.717, 1.165) is 30.9 Å².